The molecule has 0 bridgehead atoms. The van der Waals surface area contributed by atoms with E-state index in [0.29, 0.717) is 5.75 Å². The minimum Gasteiger partial charge on any atom is -0.504 e. The molecule has 3 rings (SSSR count). The fourth-order valence-corrected chi connectivity index (χ4v) is 2.85. The number of nitrogens with zero attached hydrogens (tertiary/aromatic N) is 1. The quantitative estimate of drug-likeness (QED) is 0.933. The summed E-state index contributed by atoms with van der Waals surface area (Å²) < 4.78 is 5.09. The van der Waals surface area contributed by atoms with E-state index in [9.17, 15) is 5.11 Å². The van der Waals surface area contributed by atoms with Crippen molar-refractivity contribution in [2.45, 2.75) is 13.0 Å². The molecule has 2 aromatic carbocycles. The Morgan fingerprint density at radius 2 is 1.95 bits per heavy atom. The average Bonchev–Trinajstić information content (AvgIpc) is 2.56. The largest absolute Gasteiger partial charge is 0.504 e. The van der Waals surface area contributed by atoms with Crippen LogP contribution < -0.4 is 4.74 Å². The van der Waals surface area contributed by atoms with Gasteiger partial charge in [0.05, 0.1) is 7.11 Å². The Hall–Kier alpha value is -2.26. The molecule has 0 amide bonds. The number of benzene rings is 2. The van der Waals surface area contributed by atoms with Gasteiger partial charge in [-0.3, -0.25) is 4.90 Å². The summed E-state index contributed by atoms with van der Waals surface area (Å²) in [7, 11) is 1.57. The SMILES string of the molecule is COc1ccc(C2=CCN(Cc3ccccc3)CC2)cc1O. The molecule has 0 aliphatic carbocycles. The average molecular weight is 295 g/mol. The summed E-state index contributed by atoms with van der Waals surface area (Å²) >= 11 is 0. The number of hydrogen-bond donors (Lipinski definition) is 1. The van der Waals surface area contributed by atoms with Crippen LogP contribution in [0.3, 0.4) is 0 Å². The van der Waals surface area contributed by atoms with Crippen molar-refractivity contribution < 1.29 is 9.84 Å². The maximum Gasteiger partial charge on any atom is 0.160 e. The third kappa shape index (κ3) is 3.31. The molecule has 0 aromatic heterocycles. The van der Waals surface area contributed by atoms with E-state index < -0.39 is 0 Å². The molecule has 0 radical (unpaired) electrons. The molecule has 114 valence electrons. The normalized spacial score (nSPS) is 15.4. The Bertz CT molecular complexity index is 664. The topological polar surface area (TPSA) is 32.7 Å². The number of hydrogen-bond acceptors (Lipinski definition) is 3. The fraction of sp³-hybridized carbons (Fsp3) is 0.263. The second-order valence-corrected chi connectivity index (χ2v) is 5.59. The van der Waals surface area contributed by atoms with Crippen molar-refractivity contribution in [2.24, 2.45) is 0 Å². The summed E-state index contributed by atoms with van der Waals surface area (Å²) in [6.45, 7) is 2.96. The zero-order chi connectivity index (χ0) is 15.4. The van der Waals surface area contributed by atoms with Crippen LogP contribution in [0.4, 0.5) is 0 Å². The summed E-state index contributed by atoms with van der Waals surface area (Å²) in [4.78, 5) is 2.43. The van der Waals surface area contributed by atoms with Crippen molar-refractivity contribution in [1.29, 1.82) is 0 Å². The van der Waals surface area contributed by atoms with Gasteiger partial charge < -0.3 is 9.84 Å². The van der Waals surface area contributed by atoms with Gasteiger partial charge in [-0.1, -0.05) is 42.5 Å². The molecule has 0 fully saturated rings. The van der Waals surface area contributed by atoms with Gasteiger partial charge in [0.15, 0.2) is 11.5 Å². The second-order valence-electron chi connectivity index (χ2n) is 5.59. The standard InChI is InChI=1S/C19H21NO2/c1-22-19-8-7-17(13-18(19)21)16-9-11-20(12-10-16)14-15-5-3-2-4-6-15/h2-9,13,21H,10-12,14H2,1H3. The number of aromatic hydroxyl groups is 1. The van der Waals surface area contributed by atoms with Crippen LogP contribution in [-0.4, -0.2) is 30.2 Å². The number of rotatable bonds is 4. The zero-order valence-electron chi connectivity index (χ0n) is 12.8. The summed E-state index contributed by atoms with van der Waals surface area (Å²) in [5.41, 5.74) is 3.72. The second kappa shape index (κ2) is 6.67. The number of methoxy groups -OCH3 is 1. The van der Waals surface area contributed by atoms with Crippen molar-refractivity contribution in [3.8, 4) is 11.5 Å². The monoisotopic (exact) mass is 295 g/mol. The first-order chi connectivity index (χ1) is 10.8. The van der Waals surface area contributed by atoms with Crippen LogP contribution in [0.15, 0.2) is 54.6 Å². The van der Waals surface area contributed by atoms with Crippen molar-refractivity contribution in [3.63, 3.8) is 0 Å². The highest BCUT2D eigenvalue weighted by atomic mass is 16.5. The van der Waals surface area contributed by atoms with E-state index in [2.05, 4.69) is 35.2 Å². The van der Waals surface area contributed by atoms with Crippen LogP contribution in [0.5, 0.6) is 11.5 Å². The Balaban J connectivity index is 1.67. The molecule has 0 atom stereocenters. The first kappa shape index (κ1) is 14.7. The van der Waals surface area contributed by atoms with Crippen LogP contribution in [-0.2, 0) is 6.54 Å². The third-order valence-corrected chi connectivity index (χ3v) is 4.09. The number of phenols is 1. The Labute approximate surface area is 131 Å². The van der Waals surface area contributed by atoms with E-state index in [-0.39, 0.29) is 5.75 Å². The molecule has 0 saturated heterocycles. The van der Waals surface area contributed by atoms with Crippen LogP contribution >= 0.6 is 0 Å². The van der Waals surface area contributed by atoms with E-state index in [1.165, 1.54) is 11.1 Å². The van der Waals surface area contributed by atoms with E-state index >= 15 is 0 Å². The van der Waals surface area contributed by atoms with Crippen molar-refractivity contribution >= 4 is 5.57 Å². The number of phenolic OH excluding ortho intramolecular Hbond substituents is 1. The van der Waals surface area contributed by atoms with Gasteiger partial charge in [0, 0.05) is 19.6 Å². The van der Waals surface area contributed by atoms with Crippen LogP contribution in [0.1, 0.15) is 17.5 Å². The maximum absolute atomic E-state index is 9.91. The molecule has 3 heteroatoms. The predicted molar refractivity (Wildman–Crippen MR) is 89.0 cm³/mol. The molecule has 1 N–H and O–H groups in total. The van der Waals surface area contributed by atoms with Gasteiger partial charge in [-0.15, -0.1) is 0 Å². The van der Waals surface area contributed by atoms with Gasteiger partial charge in [-0.2, -0.15) is 0 Å². The zero-order valence-corrected chi connectivity index (χ0v) is 12.8. The van der Waals surface area contributed by atoms with Crippen LogP contribution in [0, 0.1) is 0 Å². The molecule has 22 heavy (non-hydrogen) atoms. The summed E-state index contributed by atoms with van der Waals surface area (Å²) in [5, 5.41) is 9.91. The lowest BCUT2D eigenvalue weighted by atomic mass is 9.98. The lowest BCUT2D eigenvalue weighted by molar-refractivity contribution is 0.294. The minimum absolute atomic E-state index is 0.201. The summed E-state index contributed by atoms with van der Waals surface area (Å²) in [6, 6.07) is 16.2. The predicted octanol–water partition coefficient (Wildman–Crippen LogP) is 3.69. The van der Waals surface area contributed by atoms with Gasteiger partial charge in [0.1, 0.15) is 0 Å². The summed E-state index contributed by atoms with van der Waals surface area (Å²) in [5.74, 6) is 0.721. The van der Waals surface area contributed by atoms with E-state index in [1.807, 2.05) is 18.2 Å². The molecule has 0 unspecified atom stereocenters. The van der Waals surface area contributed by atoms with Gasteiger partial charge in [0.2, 0.25) is 0 Å². The Morgan fingerprint density at radius 3 is 2.59 bits per heavy atom. The van der Waals surface area contributed by atoms with Gasteiger partial charge in [0.25, 0.3) is 0 Å². The minimum atomic E-state index is 0.201. The molecule has 1 aliphatic heterocycles. The van der Waals surface area contributed by atoms with Gasteiger partial charge in [-0.25, -0.2) is 0 Å². The van der Waals surface area contributed by atoms with Gasteiger partial charge in [-0.05, 0) is 35.3 Å². The smallest absolute Gasteiger partial charge is 0.160 e. The molecule has 1 heterocycles. The lowest BCUT2D eigenvalue weighted by Gasteiger charge is -2.26. The van der Waals surface area contributed by atoms with E-state index in [4.69, 9.17) is 4.74 Å². The Kier molecular flexibility index (Phi) is 4.45. The molecule has 2 aromatic rings. The lowest BCUT2D eigenvalue weighted by Crippen LogP contribution is -2.27. The molecule has 0 saturated carbocycles. The van der Waals surface area contributed by atoms with Crippen molar-refractivity contribution in [3.05, 3.63) is 65.7 Å². The Morgan fingerprint density at radius 1 is 1.14 bits per heavy atom. The van der Waals surface area contributed by atoms with E-state index in [0.717, 1.165) is 31.6 Å². The van der Waals surface area contributed by atoms with E-state index in [1.54, 1.807) is 13.2 Å². The molecule has 1 aliphatic rings. The first-order valence-corrected chi connectivity index (χ1v) is 7.59. The number of ether oxygens (including phenoxy) is 1. The van der Waals surface area contributed by atoms with Gasteiger partial charge >= 0.3 is 0 Å². The van der Waals surface area contributed by atoms with Crippen molar-refractivity contribution in [1.82, 2.24) is 4.90 Å². The third-order valence-electron chi connectivity index (χ3n) is 4.09. The highest BCUT2D eigenvalue weighted by molar-refractivity contribution is 5.68. The first-order valence-electron chi connectivity index (χ1n) is 7.59. The maximum atomic E-state index is 9.91. The fourth-order valence-electron chi connectivity index (χ4n) is 2.85. The summed E-state index contributed by atoms with van der Waals surface area (Å²) in [6.07, 6.45) is 3.26. The molecular weight excluding hydrogens is 274 g/mol. The van der Waals surface area contributed by atoms with Crippen LogP contribution in [0.25, 0.3) is 5.57 Å². The molecule has 0 spiro atoms. The molecule has 3 nitrogen and oxygen atoms in total. The van der Waals surface area contributed by atoms with Crippen LogP contribution in [0.2, 0.25) is 0 Å². The molecular formula is C19H21NO2. The van der Waals surface area contributed by atoms with Crippen molar-refractivity contribution in [2.75, 3.05) is 20.2 Å². The highest BCUT2D eigenvalue weighted by Crippen LogP contribution is 2.31. The highest BCUT2D eigenvalue weighted by Gasteiger charge is 2.14.